The normalized spacial score (nSPS) is 10.8. The first-order valence-electron chi connectivity index (χ1n) is 4.99. The lowest BCUT2D eigenvalue weighted by Crippen LogP contribution is -2.09. The number of aryl methyl sites for hydroxylation is 1. The fraction of sp³-hybridized carbons (Fsp3) is 0.250. The number of aromatic nitrogens is 1. The molecule has 1 aromatic carbocycles. The van der Waals surface area contributed by atoms with Crippen molar-refractivity contribution in [2.24, 2.45) is 7.05 Å². The molecule has 0 saturated carbocycles. The molecule has 0 radical (unpaired) electrons. The second-order valence-electron chi connectivity index (χ2n) is 3.64. The number of hydrogen-bond donors (Lipinski definition) is 0. The van der Waals surface area contributed by atoms with Crippen LogP contribution in [-0.2, 0) is 7.05 Å². The zero-order valence-electron chi connectivity index (χ0n) is 9.78. The van der Waals surface area contributed by atoms with E-state index in [4.69, 9.17) is 16.3 Å². The summed E-state index contributed by atoms with van der Waals surface area (Å²) in [6, 6.07) is 3.45. The number of benzene rings is 1. The maximum absolute atomic E-state index is 12.1. The Morgan fingerprint density at radius 1 is 1.41 bits per heavy atom. The molecule has 0 fully saturated rings. The van der Waals surface area contributed by atoms with E-state index in [1.54, 1.807) is 19.2 Å². The number of rotatable bonds is 2. The smallest absolute Gasteiger partial charge is 0.202 e. The van der Waals surface area contributed by atoms with Gasteiger partial charge in [-0.1, -0.05) is 11.6 Å². The van der Waals surface area contributed by atoms with Crippen LogP contribution in [0.15, 0.2) is 28.0 Å². The van der Waals surface area contributed by atoms with Crippen LogP contribution in [0.5, 0.6) is 5.75 Å². The number of fused-ring (bicyclic) bond motifs is 1. The number of nitrogens with zero attached hydrogens (tertiary/aromatic N) is 1. The molecule has 0 N–H and O–H groups in total. The van der Waals surface area contributed by atoms with Gasteiger partial charge in [-0.15, -0.1) is 11.8 Å². The van der Waals surface area contributed by atoms with Crippen molar-refractivity contribution in [2.45, 2.75) is 4.90 Å². The Labute approximate surface area is 108 Å². The minimum absolute atomic E-state index is 0.00940. The molecule has 0 amide bonds. The van der Waals surface area contributed by atoms with E-state index in [0.29, 0.717) is 21.1 Å². The summed E-state index contributed by atoms with van der Waals surface area (Å²) >= 11 is 7.48. The highest BCUT2D eigenvalue weighted by atomic mass is 35.5. The van der Waals surface area contributed by atoms with E-state index in [-0.39, 0.29) is 5.43 Å². The highest BCUT2D eigenvalue weighted by molar-refractivity contribution is 7.98. The average molecular weight is 270 g/mol. The molecule has 17 heavy (non-hydrogen) atoms. The van der Waals surface area contributed by atoms with Crippen LogP contribution in [-0.4, -0.2) is 17.9 Å². The number of pyridine rings is 1. The highest BCUT2D eigenvalue weighted by Crippen LogP contribution is 2.29. The largest absolute Gasteiger partial charge is 0.495 e. The standard InChI is InChI=1S/C12H12ClNO2S/c1-14-6-11(17-3)12(15)7-4-8(13)10(16-2)5-9(7)14/h4-6H,1-3H3. The topological polar surface area (TPSA) is 31.2 Å². The van der Waals surface area contributed by atoms with Crippen LogP contribution < -0.4 is 10.2 Å². The van der Waals surface area contributed by atoms with Gasteiger partial charge in [0, 0.05) is 24.7 Å². The van der Waals surface area contributed by atoms with E-state index >= 15 is 0 Å². The SMILES string of the molecule is COc1cc2c(cc1Cl)c(=O)c(SC)cn2C. The second kappa shape index (κ2) is 4.63. The van der Waals surface area contributed by atoms with Crippen molar-refractivity contribution in [1.82, 2.24) is 4.57 Å². The maximum atomic E-state index is 12.1. The molecule has 90 valence electrons. The molecular weight excluding hydrogens is 258 g/mol. The molecule has 5 heteroatoms. The molecule has 1 heterocycles. The lowest BCUT2D eigenvalue weighted by molar-refractivity contribution is 0.415. The Morgan fingerprint density at radius 3 is 2.71 bits per heavy atom. The van der Waals surface area contributed by atoms with Crippen molar-refractivity contribution >= 4 is 34.3 Å². The van der Waals surface area contributed by atoms with Gasteiger partial charge in [-0.2, -0.15) is 0 Å². The predicted molar refractivity (Wildman–Crippen MR) is 72.5 cm³/mol. The number of thioether (sulfide) groups is 1. The first-order valence-corrected chi connectivity index (χ1v) is 6.59. The van der Waals surface area contributed by atoms with Gasteiger partial charge >= 0.3 is 0 Å². The molecule has 0 unspecified atom stereocenters. The lowest BCUT2D eigenvalue weighted by Gasteiger charge is -2.10. The van der Waals surface area contributed by atoms with Crippen LogP contribution in [0.4, 0.5) is 0 Å². The minimum Gasteiger partial charge on any atom is -0.495 e. The summed E-state index contributed by atoms with van der Waals surface area (Å²) in [5.41, 5.74) is 0.823. The molecule has 3 nitrogen and oxygen atoms in total. The molecule has 0 atom stereocenters. The zero-order valence-corrected chi connectivity index (χ0v) is 11.4. The Morgan fingerprint density at radius 2 is 2.12 bits per heavy atom. The van der Waals surface area contributed by atoms with Gasteiger partial charge in [0.2, 0.25) is 5.43 Å². The first-order chi connectivity index (χ1) is 8.08. The summed E-state index contributed by atoms with van der Waals surface area (Å²) in [6.07, 6.45) is 3.70. The molecule has 0 aliphatic carbocycles. The molecule has 0 bridgehead atoms. The van der Waals surface area contributed by atoms with Crippen molar-refractivity contribution in [3.63, 3.8) is 0 Å². The van der Waals surface area contributed by atoms with Crippen molar-refractivity contribution in [3.05, 3.63) is 33.6 Å². The number of hydrogen-bond acceptors (Lipinski definition) is 3. The van der Waals surface area contributed by atoms with Crippen LogP contribution in [0, 0.1) is 0 Å². The second-order valence-corrected chi connectivity index (χ2v) is 4.90. The summed E-state index contributed by atoms with van der Waals surface area (Å²) in [4.78, 5) is 12.8. The van der Waals surface area contributed by atoms with Gasteiger partial charge in [-0.05, 0) is 12.3 Å². The third-order valence-electron chi connectivity index (χ3n) is 2.65. The van der Waals surface area contributed by atoms with Gasteiger partial charge in [0.05, 0.1) is 22.5 Å². The van der Waals surface area contributed by atoms with Crippen molar-refractivity contribution in [2.75, 3.05) is 13.4 Å². The molecule has 2 aromatic rings. The third-order valence-corrected chi connectivity index (χ3v) is 3.68. The molecular formula is C12H12ClNO2S. The van der Waals surface area contributed by atoms with Crippen molar-refractivity contribution in [3.8, 4) is 5.75 Å². The van der Waals surface area contributed by atoms with Gasteiger partial charge in [-0.3, -0.25) is 4.79 Å². The Kier molecular flexibility index (Phi) is 3.35. The molecule has 0 spiro atoms. The summed E-state index contributed by atoms with van der Waals surface area (Å²) in [5, 5.41) is 1.07. The predicted octanol–water partition coefficient (Wildman–Crippen LogP) is 2.92. The number of methoxy groups -OCH3 is 1. The summed E-state index contributed by atoms with van der Waals surface area (Å²) in [6.45, 7) is 0. The fourth-order valence-corrected chi connectivity index (χ4v) is 2.55. The number of halogens is 1. The van der Waals surface area contributed by atoms with Crippen molar-refractivity contribution in [1.29, 1.82) is 0 Å². The maximum Gasteiger partial charge on any atom is 0.202 e. The summed E-state index contributed by atoms with van der Waals surface area (Å²) < 4.78 is 7.06. The van der Waals surface area contributed by atoms with E-state index in [2.05, 4.69) is 0 Å². The third kappa shape index (κ3) is 2.03. The molecule has 0 saturated heterocycles. The van der Waals surface area contributed by atoms with Gasteiger partial charge in [0.25, 0.3) is 0 Å². The van der Waals surface area contributed by atoms with E-state index in [0.717, 1.165) is 5.52 Å². The van der Waals surface area contributed by atoms with Crippen LogP contribution in [0.2, 0.25) is 5.02 Å². The van der Waals surface area contributed by atoms with Gasteiger partial charge < -0.3 is 9.30 Å². The van der Waals surface area contributed by atoms with Gasteiger partial charge in [-0.25, -0.2) is 0 Å². The fourth-order valence-electron chi connectivity index (χ4n) is 1.75. The van der Waals surface area contributed by atoms with Crippen molar-refractivity contribution < 1.29 is 4.74 Å². The molecule has 1 aromatic heterocycles. The van der Waals surface area contributed by atoms with Crippen LogP contribution in [0.3, 0.4) is 0 Å². The van der Waals surface area contributed by atoms with Crippen LogP contribution >= 0.6 is 23.4 Å². The van der Waals surface area contributed by atoms with Crippen LogP contribution in [0.25, 0.3) is 10.9 Å². The molecule has 0 aliphatic rings. The van der Waals surface area contributed by atoms with Crippen LogP contribution in [0.1, 0.15) is 0 Å². The quantitative estimate of drug-likeness (QED) is 0.786. The van der Waals surface area contributed by atoms with E-state index in [1.807, 2.05) is 24.1 Å². The van der Waals surface area contributed by atoms with E-state index in [1.165, 1.54) is 11.8 Å². The summed E-state index contributed by atoms with van der Waals surface area (Å²) in [7, 11) is 3.45. The number of ether oxygens (including phenoxy) is 1. The molecule has 2 rings (SSSR count). The zero-order chi connectivity index (χ0) is 12.6. The Bertz CT molecular complexity index is 636. The Balaban J connectivity index is 2.90. The minimum atomic E-state index is 0.00940. The first kappa shape index (κ1) is 12.3. The Hall–Kier alpha value is -1.13. The summed E-state index contributed by atoms with van der Waals surface area (Å²) in [5.74, 6) is 0.575. The van der Waals surface area contributed by atoms with Gasteiger partial charge in [0.15, 0.2) is 0 Å². The monoisotopic (exact) mass is 269 g/mol. The van der Waals surface area contributed by atoms with E-state index < -0.39 is 0 Å². The molecule has 0 aliphatic heterocycles. The van der Waals surface area contributed by atoms with E-state index in [9.17, 15) is 4.79 Å². The average Bonchev–Trinajstić information content (AvgIpc) is 2.33. The van der Waals surface area contributed by atoms with Gasteiger partial charge in [0.1, 0.15) is 5.75 Å². The lowest BCUT2D eigenvalue weighted by atomic mass is 10.2. The highest BCUT2D eigenvalue weighted by Gasteiger charge is 2.10.